The number of ether oxygens (including phenoxy) is 2. The zero-order chi connectivity index (χ0) is 20.5. The molecule has 7 nitrogen and oxygen atoms in total. The van der Waals surface area contributed by atoms with E-state index in [1.807, 2.05) is 0 Å². The molecular weight excluding hydrogens is 402 g/mol. The van der Waals surface area contributed by atoms with Crippen LogP contribution in [0.25, 0.3) is 0 Å². The van der Waals surface area contributed by atoms with Crippen LogP contribution in [0.15, 0.2) is 52.3 Å². The summed E-state index contributed by atoms with van der Waals surface area (Å²) in [5, 5.41) is 0. The molecule has 2 aromatic rings. The first kappa shape index (κ1) is 20.6. The Labute approximate surface area is 165 Å². The number of rotatable bonds is 6. The van der Waals surface area contributed by atoms with Crippen molar-refractivity contribution < 1.29 is 26.3 Å². The van der Waals surface area contributed by atoms with E-state index in [1.54, 1.807) is 18.2 Å². The van der Waals surface area contributed by atoms with Gasteiger partial charge in [-0.3, -0.25) is 0 Å². The number of hydrogen-bond acceptors (Lipinski definition) is 6. The fourth-order valence-corrected chi connectivity index (χ4v) is 6.81. The van der Waals surface area contributed by atoms with E-state index in [0.29, 0.717) is 36.4 Å². The molecule has 1 aliphatic rings. The Morgan fingerprint density at radius 2 is 1.64 bits per heavy atom. The van der Waals surface area contributed by atoms with Crippen LogP contribution in [-0.4, -0.2) is 48.2 Å². The molecule has 0 amide bonds. The second-order valence-corrected chi connectivity index (χ2v) is 10.4. The van der Waals surface area contributed by atoms with Gasteiger partial charge >= 0.3 is 0 Å². The van der Waals surface area contributed by atoms with Crippen molar-refractivity contribution in [2.24, 2.45) is 0 Å². The third-order valence-electron chi connectivity index (χ3n) is 4.83. The molecule has 0 bridgehead atoms. The first-order chi connectivity index (χ1) is 13.2. The minimum absolute atomic E-state index is 0.196. The quantitative estimate of drug-likeness (QED) is 0.707. The van der Waals surface area contributed by atoms with Crippen LogP contribution in [0.4, 0.5) is 0 Å². The van der Waals surface area contributed by atoms with E-state index in [4.69, 9.17) is 9.47 Å². The molecule has 9 heteroatoms. The van der Waals surface area contributed by atoms with Gasteiger partial charge in [0.05, 0.1) is 25.2 Å². The van der Waals surface area contributed by atoms with Gasteiger partial charge in [-0.1, -0.05) is 12.1 Å². The van der Waals surface area contributed by atoms with Gasteiger partial charge in [-0.2, -0.15) is 4.31 Å². The molecule has 1 heterocycles. The number of hydrogen-bond donors (Lipinski definition) is 0. The van der Waals surface area contributed by atoms with Crippen molar-refractivity contribution in [1.82, 2.24) is 4.31 Å². The molecule has 1 fully saturated rings. The molecule has 0 aromatic heterocycles. The maximum Gasteiger partial charge on any atom is 0.244 e. The largest absolute Gasteiger partial charge is 0.497 e. The molecule has 1 saturated heterocycles. The monoisotopic (exact) mass is 425 g/mol. The number of methoxy groups -OCH3 is 2. The Balaban J connectivity index is 2.12. The fraction of sp³-hybridized carbons (Fsp3) is 0.368. The summed E-state index contributed by atoms with van der Waals surface area (Å²) < 4.78 is 63.2. The van der Waals surface area contributed by atoms with Crippen LogP contribution in [0.5, 0.6) is 11.5 Å². The smallest absolute Gasteiger partial charge is 0.244 e. The van der Waals surface area contributed by atoms with Gasteiger partial charge in [0.2, 0.25) is 10.0 Å². The molecule has 0 N–H and O–H groups in total. The SMILES string of the molecule is COc1ccc(OC)c(C2CCCN2S(=O)(=O)c2ccccc2S(C)(=O)=O)c1. The molecule has 2 aromatic carbocycles. The summed E-state index contributed by atoms with van der Waals surface area (Å²) in [5.74, 6) is 1.15. The van der Waals surface area contributed by atoms with Crippen molar-refractivity contribution in [3.05, 3.63) is 48.0 Å². The Morgan fingerprint density at radius 1 is 0.964 bits per heavy atom. The minimum atomic E-state index is -4.04. The maximum atomic E-state index is 13.4. The molecule has 0 spiro atoms. The average Bonchev–Trinajstić information content (AvgIpc) is 3.17. The third-order valence-corrected chi connectivity index (χ3v) is 8.09. The topological polar surface area (TPSA) is 90.0 Å². The standard InChI is InChI=1S/C19H23NO6S2/c1-25-14-10-11-17(26-2)15(13-14)16-7-6-12-20(16)28(23,24)19-9-5-4-8-18(19)27(3,21)22/h4-5,8-11,13,16H,6-7,12H2,1-3H3. The number of nitrogens with zero attached hydrogens (tertiary/aromatic N) is 1. The molecule has 28 heavy (non-hydrogen) atoms. The first-order valence-corrected chi connectivity index (χ1v) is 12.1. The lowest BCUT2D eigenvalue weighted by Crippen LogP contribution is -2.31. The highest BCUT2D eigenvalue weighted by Crippen LogP contribution is 2.42. The van der Waals surface area contributed by atoms with Crippen LogP contribution in [-0.2, 0) is 19.9 Å². The van der Waals surface area contributed by atoms with Crippen molar-refractivity contribution in [3.63, 3.8) is 0 Å². The fourth-order valence-electron chi connectivity index (χ4n) is 3.53. The summed E-state index contributed by atoms with van der Waals surface area (Å²) in [6.07, 6.45) is 2.27. The molecule has 1 aliphatic heterocycles. The number of sulfone groups is 1. The highest BCUT2D eigenvalue weighted by molar-refractivity contribution is 7.93. The molecule has 0 aliphatic carbocycles. The van der Waals surface area contributed by atoms with Crippen LogP contribution in [0, 0.1) is 0 Å². The van der Waals surface area contributed by atoms with Crippen molar-refractivity contribution in [3.8, 4) is 11.5 Å². The van der Waals surface area contributed by atoms with Crippen molar-refractivity contribution >= 4 is 19.9 Å². The second-order valence-electron chi connectivity index (χ2n) is 6.60. The number of sulfonamides is 1. The van der Waals surface area contributed by atoms with E-state index in [0.717, 1.165) is 6.26 Å². The van der Waals surface area contributed by atoms with Crippen molar-refractivity contribution in [2.45, 2.75) is 28.7 Å². The molecule has 0 saturated carbocycles. The third kappa shape index (κ3) is 3.74. The van der Waals surface area contributed by atoms with Crippen LogP contribution in [0.1, 0.15) is 24.4 Å². The summed E-state index contributed by atoms with van der Waals surface area (Å²) in [7, 11) is -4.67. The van der Waals surface area contributed by atoms with Gasteiger partial charge in [0.1, 0.15) is 16.4 Å². The molecule has 0 radical (unpaired) electrons. The first-order valence-electron chi connectivity index (χ1n) is 8.73. The van der Waals surface area contributed by atoms with Crippen LogP contribution < -0.4 is 9.47 Å². The zero-order valence-corrected chi connectivity index (χ0v) is 17.6. The van der Waals surface area contributed by atoms with E-state index in [9.17, 15) is 16.8 Å². The van der Waals surface area contributed by atoms with Crippen LogP contribution in [0.2, 0.25) is 0 Å². The maximum absolute atomic E-state index is 13.4. The minimum Gasteiger partial charge on any atom is -0.497 e. The zero-order valence-electron chi connectivity index (χ0n) is 16.0. The van der Waals surface area contributed by atoms with Gasteiger partial charge in [0.15, 0.2) is 9.84 Å². The molecule has 1 atom stereocenters. The molecule has 3 rings (SSSR count). The van der Waals surface area contributed by atoms with Gasteiger partial charge in [0.25, 0.3) is 0 Å². The summed E-state index contributed by atoms with van der Waals surface area (Å²) in [6, 6.07) is 10.5. The lowest BCUT2D eigenvalue weighted by atomic mass is 10.0. The van der Waals surface area contributed by atoms with Gasteiger partial charge in [-0.05, 0) is 43.2 Å². The van der Waals surface area contributed by atoms with E-state index >= 15 is 0 Å². The summed E-state index contributed by atoms with van der Waals surface area (Å²) in [5.41, 5.74) is 0.694. The molecular formula is C19H23NO6S2. The summed E-state index contributed by atoms with van der Waals surface area (Å²) in [4.78, 5) is -0.399. The summed E-state index contributed by atoms with van der Waals surface area (Å²) >= 11 is 0. The molecule has 1 unspecified atom stereocenters. The van der Waals surface area contributed by atoms with E-state index < -0.39 is 25.9 Å². The van der Waals surface area contributed by atoms with Gasteiger partial charge < -0.3 is 9.47 Å². The lowest BCUT2D eigenvalue weighted by molar-refractivity contribution is 0.361. The Hall–Kier alpha value is -2.10. The predicted octanol–water partition coefficient (Wildman–Crippen LogP) is 2.63. The number of benzene rings is 2. The normalized spacial score (nSPS) is 18.2. The van der Waals surface area contributed by atoms with E-state index in [2.05, 4.69) is 0 Å². The Kier molecular flexibility index (Phi) is 5.69. The van der Waals surface area contributed by atoms with Gasteiger partial charge in [-0.25, -0.2) is 16.8 Å². The van der Waals surface area contributed by atoms with Crippen LogP contribution >= 0.6 is 0 Å². The van der Waals surface area contributed by atoms with Gasteiger partial charge in [0, 0.05) is 18.4 Å². The highest BCUT2D eigenvalue weighted by atomic mass is 32.2. The Morgan fingerprint density at radius 3 is 2.25 bits per heavy atom. The summed E-state index contributed by atoms with van der Waals surface area (Å²) in [6.45, 7) is 0.297. The van der Waals surface area contributed by atoms with Gasteiger partial charge in [-0.15, -0.1) is 0 Å². The predicted molar refractivity (Wildman–Crippen MR) is 105 cm³/mol. The lowest BCUT2D eigenvalue weighted by Gasteiger charge is -2.26. The van der Waals surface area contributed by atoms with E-state index in [-0.39, 0.29) is 9.79 Å². The molecule has 152 valence electrons. The van der Waals surface area contributed by atoms with E-state index in [1.165, 1.54) is 42.8 Å². The average molecular weight is 426 g/mol. The Bertz CT molecular complexity index is 1080. The van der Waals surface area contributed by atoms with Crippen molar-refractivity contribution in [1.29, 1.82) is 0 Å². The second kappa shape index (κ2) is 7.73. The highest BCUT2D eigenvalue weighted by Gasteiger charge is 2.39. The van der Waals surface area contributed by atoms with Crippen LogP contribution in [0.3, 0.4) is 0 Å². The van der Waals surface area contributed by atoms with Crippen molar-refractivity contribution in [2.75, 3.05) is 27.0 Å².